The summed E-state index contributed by atoms with van der Waals surface area (Å²) in [6.45, 7) is 2.01. The molecule has 0 aliphatic heterocycles. The summed E-state index contributed by atoms with van der Waals surface area (Å²) in [5.41, 5.74) is 2.54. The number of benzene rings is 2. The Labute approximate surface area is 162 Å². The number of fused-ring (bicyclic) bond motifs is 1. The second kappa shape index (κ2) is 7.12. The number of hydrogen-bond acceptors (Lipinski definition) is 4. The van der Waals surface area contributed by atoms with Gasteiger partial charge < -0.3 is 4.74 Å². The van der Waals surface area contributed by atoms with Crippen LogP contribution in [0.1, 0.15) is 36.8 Å². The molecule has 0 N–H and O–H groups in total. The van der Waals surface area contributed by atoms with E-state index in [4.69, 9.17) is 16.3 Å². The molecule has 0 unspecified atom stereocenters. The highest BCUT2D eigenvalue weighted by atomic mass is 35.5. The first-order valence-electron chi connectivity index (χ1n) is 8.97. The molecule has 0 spiro atoms. The van der Waals surface area contributed by atoms with E-state index in [9.17, 15) is 9.59 Å². The summed E-state index contributed by atoms with van der Waals surface area (Å²) in [4.78, 5) is 28.9. The molecular weight excluding hydrogens is 362 g/mol. The van der Waals surface area contributed by atoms with Crippen LogP contribution in [0, 0.1) is 0 Å². The van der Waals surface area contributed by atoms with Crippen molar-refractivity contribution < 1.29 is 14.3 Å². The van der Waals surface area contributed by atoms with Gasteiger partial charge in [-0.15, -0.1) is 0 Å². The summed E-state index contributed by atoms with van der Waals surface area (Å²) in [6.07, 6.45) is 1.40. The highest BCUT2D eigenvalue weighted by molar-refractivity contribution is 6.31. The first-order valence-corrected chi connectivity index (χ1v) is 9.35. The van der Waals surface area contributed by atoms with Crippen molar-refractivity contribution in [1.82, 2.24) is 4.98 Å². The Hall–Kier alpha value is -2.72. The zero-order chi connectivity index (χ0) is 19.0. The number of hydrogen-bond donors (Lipinski definition) is 0. The molecule has 1 aromatic heterocycles. The van der Waals surface area contributed by atoms with E-state index in [1.165, 1.54) is 0 Å². The van der Waals surface area contributed by atoms with Crippen LogP contribution in [0.3, 0.4) is 0 Å². The number of carbonyl (C=O) groups is 2. The van der Waals surface area contributed by atoms with Crippen LogP contribution in [0.25, 0.3) is 10.9 Å². The van der Waals surface area contributed by atoms with Gasteiger partial charge in [-0.1, -0.05) is 24.6 Å². The number of halogens is 1. The van der Waals surface area contributed by atoms with Crippen molar-refractivity contribution in [1.29, 1.82) is 0 Å². The SMILES string of the molecule is CCc1ccc(Oc2ccc3cc(Cl)ccc3n2)cc1C1C(=O)CCC1=O. The van der Waals surface area contributed by atoms with Crippen molar-refractivity contribution in [2.24, 2.45) is 0 Å². The fraction of sp³-hybridized carbons (Fsp3) is 0.227. The van der Waals surface area contributed by atoms with Gasteiger partial charge in [-0.05, 0) is 53.9 Å². The Morgan fingerprint density at radius 3 is 2.56 bits per heavy atom. The molecular formula is C22H18ClNO3. The van der Waals surface area contributed by atoms with Crippen LogP contribution in [-0.2, 0) is 16.0 Å². The summed E-state index contributed by atoms with van der Waals surface area (Å²) >= 11 is 6.01. The molecule has 136 valence electrons. The maximum Gasteiger partial charge on any atom is 0.219 e. The molecule has 4 rings (SSSR count). The van der Waals surface area contributed by atoms with Gasteiger partial charge in [0, 0.05) is 29.3 Å². The van der Waals surface area contributed by atoms with Crippen molar-refractivity contribution in [3.8, 4) is 11.6 Å². The van der Waals surface area contributed by atoms with E-state index in [1.807, 2.05) is 37.3 Å². The molecule has 5 heteroatoms. The third-order valence-corrected chi connectivity index (χ3v) is 5.15. The molecule has 0 saturated heterocycles. The lowest BCUT2D eigenvalue weighted by atomic mass is 9.90. The fourth-order valence-electron chi connectivity index (χ4n) is 3.54. The van der Waals surface area contributed by atoms with Gasteiger partial charge in [0.2, 0.25) is 5.88 Å². The molecule has 1 heterocycles. The van der Waals surface area contributed by atoms with Gasteiger partial charge >= 0.3 is 0 Å². The van der Waals surface area contributed by atoms with Crippen molar-refractivity contribution in [2.45, 2.75) is 32.1 Å². The number of aryl methyl sites for hydroxylation is 1. The van der Waals surface area contributed by atoms with Gasteiger partial charge in [-0.2, -0.15) is 0 Å². The van der Waals surface area contributed by atoms with Gasteiger partial charge in [-0.3, -0.25) is 9.59 Å². The number of rotatable bonds is 4. The average Bonchev–Trinajstić information content (AvgIpc) is 3.00. The first-order chi connectivity index (χ1) is 13.0. The second-order valence-electron chi connectivity index (χ2n) is 6.67. The van der Waals surface area contributed by atoms with Crippen LogP contribution in [-0.4, -0.2) is 16.6 Å². The molecule has 1 saturated carbocycles. The topological polar surface area (TPSA) is 56.3 Å². The predicted molar refractivity (Wildman–Crippen MR) is 105 cm³/mol. The van der Waals surface area contributed by atoms with Gasteiger partial charge in [0.15, 0.2) is 0 Å². The molecule has 1 aliphatic carbocycles. The van der Waals surface area contributed by atoms with E-state index < -0.39 is 5.92 Å². The van der Waals surface area contributed by atoms with E-state index in [0.29, 0.717) is 29.5 Å². The minimum atomic E-state index is -0.657. The first kappa shape index (κ1) is 17.7. The third kappa shape index (κ3) is 3.45. The standard InChI is InChI=1S/C22H18ClNO3/c1-2-13-3-6-16(12-17(13)22-19(25)8-9-20(22)26)27-21-10-4-14-11-15(23)5-7-18(14)24-21/h3-7,10-12,22H,2,8-9H2,1H3. The summed E-state index contributed by atoms with van der Waals surface area (Å²) in [7, 11) is 0. The smallest absolute Gasteiger partial charge is 0.219 e. The van der Waals surface area contributed by atoms with Crippen LogP contribution in [0.5, 0.6) is 11.6 Å². The van der Waals surface area contributed by atoms with Crippen LogP contribution in [0.4, 0.5) is 0 Å². The van der Waals surface area contributed by atoms with Crippen molar-refractivity contribution in [3.05, 3.63) is 64.7 Å². The molecule has 1 fully saturated rings. The van der Waals surface area contributed by atoms with Crippen LogP contribution >= 0.6 is 11.6 Å². The molecule has 0 atom stereocenters. The Morgan fingerprint density at radius 2 is 1.81 bits per heavy atom. The number of ether oxygens (including phenoxy) is 1. The minimum Gasteiger partial charge on any atom is -0.439 e. The van der Waals surface area contributed by atoms with Crippen molar-refractivity contribution >= 4 is 34.1 Å². The Bertz CT molecular complexity index is 1040. The van der Waals surface area contributed by atoms with Gasteiger partial charge in [0.25, 0.3) is 0 Å². The molecule has 0 bridgehead atoms. The number of nitrogens with zero attached hydrogens (tertiary/aromatic N) is 1. The second-order valence-corrected chi connectivity index (χ2v) is 7.10. The summed E-state index contributed by atoms with van der Waals surface area (Å²) < 4.78 is 5.92. The lowest BCUT2D eigenvalue weighted by Gasteiger charge is -2.15. The van der Waals surface area contributed by atoms with E-state index >= 15 is 0 Å². The van der Waals surface area contributed by atoms with E-state index in [0.717, 1.165) is 28.5 Å². The number of ketones is 2. The lowest BCUT2D eigenvalue weighted by molar-refractivity contribution is -0.123. The minimum absolute atomic E-state index is 0.00689. The Kier molecular flexibility index (Phi) is 4.66. The van der Waals surface area contributed by atoms with Gasteiger partial charge in [0.1, 0.15) is 23.2 Å². The van der Waals surface area contributed by atoms with E-state index in [1.54, 1.807) is 18.2 Å². The van der Waals surface area contributed by atoms with Crippen molar-refractivity contribution in [2.75, 3.05) is 0 Å². The highest BCUT2D eigenvalue weighted by Crippen LogP contribution is 2.34. The summed E-state index contributed by atoms with van der Waals surface area (Å²) in [6, 6.07) is 14.7. The molecule has 0 radical (unpaired) electrons. The molecule has 0 amide bonds. The Balaban J connectivity index is 1.68. The van der Waals surface area contributed by atoms with Crippen LogP contribution in [0.2, 0.25) is 5.02 Å². The average molecular weight is 380 g/mol. The molecule has 4 nitrogen and oxygen atoms in total. The van der Waals surface area contributed by atoms with Crippen LogP contribution < -0.4 is 4.74 Å². The molecule has 3 aromatic rings. The molecule has 2 aromatic carbocycles. The largest absolute Gasteiger partial charge is 0.439 e. The lowest BCUT2D eigenvalue weighted by Crippen LogP contribution is -2.14. The highest BCUT2D eigenvalue weighted by Gasteiger charge is 2.35. The zero-order valence-corrected chi connectivity index (χ0v) is 15.6. The zero-order valence-electron chi connectivity index (χ0n) is 14.9. The fourth-order valence-corrected chi connectivity index (χ4v) is 3.72. The quantitative estimate of drug-likeness (QED) is 0.580. The van der Waals surface area contributed by atoms with Crippen molar-refractivity contribution in [3.63, 3.8) is 0 Å². The number of Topliss-reactive ketones (excluding diaryl/α,β-unsaturated/α-hetero) is 2. The van der Waals surface area contributed by atoms with Gasteiger partial charge in [-0.25, -0.2) is 4.98 Å². The predicted octanol–water partition coefficient (Wildman–Crippen LogP) is 5.26. The summed E-state index contributed by atoms with van der Waals surface area (Å²) in [5, 5.41) is 1.59. The maximum absolute atomic E-state index is 12.2. The van der Waals surface area contributed by atoms with Crippen LogP contribution in [0.15, 0.2) is 48.5 Å². The molecule has 27 heavy (non-hydrogen) atoms. The Morgan fingerprint density at radius 1 is 1.04 bits per heavy atom. The number of aromatic nitrogens is 1. The van der Waals surface area contributed by atoms with E-state index in [2.05, 4.69) is 4.98 Å². The van der Waals surface area contributed by atoms with Gasteiger partial charge in [0.05, 0.1) is 5.52 Å². The monoisotopic (exact) mass is 379 g/mol. The number of pyridine rings is 1. The van der Waals surface area contributed by atoms with E-state index in [-0.39, 0.29) is 11.6 Å². The normalized spacial score (nSPS) is 14.9. The number of carbonyl (C=O) groups excluding carboxylic acids is 2. The molecule has 1 aliphatic rings. The third-order valence-electron chi connectivity index (χ3n) is 4.92. The summed E-state index contributed by atoms with van der Waals surface area (Å²) in [5.74, 6) is 0.343. The maximum atomic E-state index is 12.2.